The van der Waals surface area contributed by atoms with Gasteiger partial charge in [0.2, 0.25) is 0 Å². The Balaban J connectivity index is 3.23. The predicted octanol–water partition coefficient (Wildman–Crippen LogP) is 1.58. The van der Waals surface area contributed by atoms with Gasteiger partial charge in [0, 0.05) is 6.07 Å². The normalized spacial score (nSPS) is 9.23. The lowest BCUT2D eigenvalue weighted by atomic mass is 10.3. The highest BCUT2D eigenvalue weighted by Crippen LogP contribution is 2.20. The minimum absolute atomic E-state index is 0.158. The summed E-state index contributed by atoms with van der Waals surface area (Å²) in [5.74, 6) is 0. The van der Waals surface area contributed by atoms with Gasteiger partial charge in [0.05, 0.1) is 10.5 Å². The zero-order chi connectivity index (χ0) is 9.84. The van der Waals surface area contributed by atoms with Gasteiger partial charge in [0.25, 0.3) is 5.69 Å². The van der Waals surface area contributed by atoms with Crippen molar-refractivity contribution in [1.82, 2.24) is 4.98 Å². The molecule has 0 N–H and O–H groups in total. The SMILES string of the molecule is CSc1ncc([N+](=O)[O-])cc1C#N. The number of aromatic nitrogens is 1. The molecule has 0 radical (unpaired) electrons. The van der Waals surface area contributed by atoms with Gasteiger partial charge < -0.3 is 0 Å². The number of hydrogen-bond donors (Lipinski definition) is 0. The summed E-state index contributed by atoms with van der Waals surface area (Å²) in [7, 11) is 0. The second-order valence-corrected chi connectivity index (χ2v) is 2.91. The molecule has 1 aromatic rings. The summed E-state index contributed by atoms with van der Waals surface area (Å²) in [5.41, 5.74) is 0.0797. The largest absolute Gasteiger partial charge is 0.288 e. The summed E-state index contributed by atoms with van der Waals surface area (Å²) < 4.78 is 0. The smallest absolute Gasteiger partial charge is 0.258 e. The average molecular weight is 195 g/mol. The van der Waals surface area contributed by atoms with Gasteiger partial charge in [-0.15, -0.1) is 11.8 Å². The Bertz CT molecular complexity index is 386. The van der Waals surface area contributed by atoms with Gasteiger partial charge in [-0.2, -0.15) is 5.26 Å². The third kappa shape index (κ3) is 1.95. The molecule has 0 aliphatic rings. The van der Waals surface area contributed by atoms with E-state index in [2.05, 4.69) is 4.98 Å². The van der Waals surface area contributed by atoms with Crippen molar-refractivity contribution in [3.8, 4) is 6.07 Å². The topological polar surface area (TPSA) is 79.8 Å². The number of pyridine rings is 1. The highest BCUT2D eigenvalue weighted by molar-refractivity contribution is 7.98. The van der Waals surface area contributed by atoms with Gasteiger partial charge in [-0.25, -0.2) is 4.98 Å². The summed E-state index contributed by atoms with van der Waals surface area (Å²) in [6.07, 6.45) is 2.90. The van der Waals surface area contributed by atoms with E-state index in [1.165, 1.54) is 17.8 Å². The number of nitrogens with zero attached hydrogens (tertiary/aromatic N) is 3. The van der Waals surface area contributed by atoms with Crippen molar-refractivity contribution in [1.29, 1.82) is 5.26 Å². The molecule has 0 fully saturated rings. The van der Waals surface area contributed by atoms with E-state index in [1.807, 2.05) is 6.07 Å². The molecule has 0 aliphatic carbocycles. The first-order valence-electron chi connectivity index (χ1n) is 3.27. The van der Waals surface area contributed by atoms with E-state index in [-0.39, 0.29) is 11.3 Å². The predicted molar refractivity (Wildman–Crippen MR) is 47.4 cm³/mol. The molecule has 0 atom stereocenters. The molecule has 0 amide bonds. The quantitative estimate of drug-likeness (QED) is 0.406. The van der Waals surface area contributed by atoms with Crippen LogP contribution in [0, 0.1) is 21.4 Å². The molecule has 0 spiro atoms. The van der Waals surface area contributed by atoms with E-state index in [0.717, 1.165) is 6.20 Å². The summed E-state index contributed by atoms with van der Waals surface area (Å²) >= 11 is 1.28. The Morgan fingerprint density at radius 2 is 2.46 bits per heavy atom. The molecule has 0 aliphatic heterocycles. The summed E-state index contributed by atoms with van der Waals surface area (Å²) in [4.78, 5) is 13.5. The van der Waals surface area contributed by atoms with Gasteiger partial charge in [0.15, 0.2) is 0 Å². The van der Waals surface area contributed by atoms with Crippen molar-refractivity contribution in [3.05, 3.63) is 27.9 Å². The Morgan fingerprint density at radius 3 is 2.92 bits per heavy atom. The van der Waals surface area contributed by atoms with Crippen LogP contribution in [0.2, 0.25) is 0 Å². The van der Waals surface area contributed by atoms with Crippen LogP contribution >= 0.6 is 11.8 Å². The maximum absolute atomic E-state index is 10.3. The lowest BCUT2D eigenvalue weighted by molar-refractivity contribution is -0.385. The number of rotatable bonds is 2. The van der Waals surface area contributed by atoms with Gasteiger partial charge in [-0.1, -0.05) is 0 Å². The highest BCUT2D eigenvalue weighted by Gasteiger charge is 2.10. The standard InChI is InChI=1S/C7H5N3O2S/c1-13-7-5(3-8)2-6(4-9-7)10(11)12/h2,4H,1H3. The molecule has 0 aromatic carbocycles. The van der Waals surface area contributed by atoms with Gasteiger partial charge >= 0.3 is 0 Å². The van der Waals surface area contributed by atoms with E-state index >= 15 is 0 Å². The van der Waals surface area contributed by atoms with E-state index in [1.54, 1.807) is 6.26 Å². The molecule has 1 aromatic heterocycles. The fourth-order valence-electron chi connectivity index (χ4n) is 0.784. The number of nitro groups is 1. The van der Waals surface area contributed by atoms with E-state index in [9.17, 15) is 10.1 Å². The molecular formula is C7H5N3O2S. The number of hydrogen-bond acceptors (Lipinski definition) is 5. The molecule has 6 heteroatoms. The first-order chi connectivity index (χ1) is 6.19. The van der Waals surface area contributed by atoms with Crippen molar-refractivity contribution >= 4 is 17.4 Å². The molecule has 1 rings (SSSR count). The van der Waals surface area contributed by atoms with Crippen molar-refractivity contribution in [2.75, 3.05) is 6.26 Å². The van der Waals surface area contributed by atoms with E-state index in [0.29, 0.717) is 5.03 Å². The molecule has 5 nitrogen and oxygen atoms in total. The van der Waals surface area contributed by atoms with Gasteiger partial charge in [0.1, 0.15) is 17.3 Å². The first kappa shape index (κ1) is 9.48. The first-order valence-corrected chi connectivity index (χ1v) is 4.50. The summed E-state index contributed by atoms with van der Waals surface area (Å²) in [5, 5.41) is 19.5. The Labute approximate surface area is 78.5 Å². The minimum atomic E-state index is -0.571. The Hall–Kier alpha value is -1.61. The van der Waals surface area contributed by atoms with Crippen LogP contribution in [0.1, 0.15) is 5.56 Å². The molecule has 66 valence electrons. The van der Waals surface area contributed by atoms with Gasteiger partial charge in [-0.05, 0) is 6.26 Å². The fourth-order valence-corrected chi connectivity index (χ4v) is 1.27. The van der Waals surface area contributed by atoms with Crippen molar-refractivity contribution in [3.63, 3.8) is 0 Å². The van der Waals surface area contributed by atoms with Crippen molar-refractivity contribution in [2.24, 2.45) is 0 Å². The second kappa shape index (κ2) is 3.87. The van der Waals surface area contributed by atoms with Crippen LogP contribution in [-0.4, -0.2) is 16.2 Å². The highest BCUT2D eigenvalue weighted by atomic mass is 32.2. The third-order valence-corrected chi connectivity index (χ3v) is 2.07. The maximum atomic E-state index is 10.3. The molecule has 0 saturated carbocycles. The third-order valence-electron chi connectivity index (χ3n) is 1.36. The zero-order valence-electron chi connectivity index (χ0n) is 6.72. The van der Waals surface area contributed by atoms with E-state index < -0.39 is 4.92 Å². The van der Waals surface area contributed by atoms with Crippen LogP contribution in [0.25, 0.3) is 0 Å². The zero-order valence-corrected chi connectivity index (χ0v) is 7.54. The minimum Gasteiger partial charge on any atom is -0.258 e. The lowest BCUT2D eigenvalue weighted by Crippen LogP contribution is -1.92. The second-order valence-electron chi connectivity index (χ2n) is 2.12. The monoisotopic (exact) mass is 195 g/mol. The van der Waals surface area contributed by atoms with Crippen LogP contribution in [0.4, 0.5) is 5.69 Å². The molecule has 0 unspecified atom stereocenters. The molecular weight excluding hydrogens is 190 g/mol. The molecule has 0 bridgehead atoms. The van der Waals surface area contributed by atoms with Crippen LogP contribution in [0.3, 0.4) is 0 Å². The molecule has 13 heavy (non-hydrogen) atoms. The average Bonchev–Trinajstić information content (AvgIpc) is 2.16. The van der Waals surface area contributed by atoms with E-state index in [4.69, 9.17) is 5.26 Å². The molecule has 1 heterocycles. The Morgan fingerprint density at radius 1 is 1.77 bits per heavy atom. The lowest BCUT2D eigenvalue weighted by Gasteiger charge is -1.97. The van der Waals surface area contributed by atoms with Crippen molar-refractivity contribution < 1.29 is 4.92 Å². The summed E-state index contributed by atoms with van der Waals surface area (Å²) in [6.45, 7) is 0. The van der Waals surface area contributed by atoms with Crippen LogP contribution in [0.15, 0.2) is 17.3 Å². The fraction of sp³-hybridized carbons (Fsp3) is 0.143. The number of nitriles is 1. The molecule has 0 saturated heterocycles. The Kier molecular flexibility index (Phi) is 2.82. The van der Waals surface area contributed by atoms with Crippen LogP contribution in [-0.2, 0) is 0 Å². The number of thioether (sulfide) groups is 1. The van der Waals surface area contributed by atoms with Crippen LogP contribution < -0.4 is 0 Å². The van der Waals surface area contributed by atoms with Crippen LogP contribution in [0.5, 0.6) is 0 Å². The maximum Gasteiger partial charge on any atom is 0.288 e. The van der Waals surface area contributed by atoms with Crippen molar-refractivity contribution in [2.45, 2.75) is 5.03 Å². The summed E-state index contributed by atoms with van der Waals surface area (Å²) in [6, 6.07) is 3.08. The van der Waals surface area contributed by atoms with Gasteiger partial charge in [-0.3, -0.25) is 10.1 Å².